The molecule has 1 unspecified atom stereocenters. The Kier molecular flexibility index (Phi) is 4.71. The highest BCUT2D eigenvalue weighted by Gasteiger charge is 2.38. The van der Waals surface area contributed by atoms with Crippen LogP contribution in [0, 0.1) is 5.92 Å². The largest absolute Gasteiger partial charge is 0.347 e. The first kappa shape index (κ1) is 19.7. The second-order valence-corrected chi connectivity index (χ2v) is 8.86. The minimum Gasteiger partial charge on any atom is -0.342 e. The SMILES string of the molecule is O=C(C1CC1)N1CCC(c2n[nH]c(=O)n2-c2ccc(-c3cccc(-c4ccn[nH]4)c3)cc2)C1. The van der Waals surface area contributed by atoms with Crippen LogP contribution in [-0.2, 0) is 4.79 Å². The Morgan fingerprint density at radius 1 is 0.939 bits per heavy atom. The maximum atomic E-state index is 12.6. The molecule has 2 aromatic heterocycles. The van der Waals surface area contributed by atoms with E-state index < -0.39 is 0 Å². The fourth-order valence-corrected chi connectivity index (χ4v) is 4.68. The van der Waals surface area contributed by atoms with E-state index in [0.29, 0.717) is 12.4 Å². The summed E-state index contributed by atoms with van der Waals surface area (Å²) in [5.74, 6) is 1.21. The van der Waals surface area contributed by atoms with Crippen molar-refractivity contribution >= 4 is 5.91 Å². The van der Waals surface area contributed by atoms with Crippen molar-refractivity contribution in [3.63, 3.8) is 0 Å². The third-order valence-corrected chi connectivity index (χ3v) is 6.62. The summed E-state index contributed by atoms with van der Waals surface area (Å²) >= 11 is 0. The summed E-state index contributed by atoms with van der Waals surface area (Å²) in [6, 6.07) is 18.1. The zero-order valence-electron chi connectivity index (χ0n) is 18.1. The van der Waals surface area contributed by atoms with Crippen LogP contribution in [0.15, 0.2) is 65.6 Å². The molecule has 4 aromatic rings. The van der Waals surface area contributed by atoms with Gasteiger partial charge >= 0.3 is 5.69 Å². The molecular formula is C25H24N6O2. The molecule has 2 fully saturated rings. The van der Waals surface area contributed by atoms with Gasteiger partial charge in [-0.15, -0.1) is 0 Å². The van der Waals surface area contributed by atoms with Crippen molar-refractivity contribution in [1.82, 2.24) is 29.9 Å². The van der Waals surface area contributed by atoms with E-state index in [1.54, 1.807) is 10.8 Å². The first-order chi connectivity index (χ1) is 16.2. The van der Waals surface area contributed by atoms with Gasteiger partial charge in [0.2, 0.25) is 5.91 Å². The van der Waals surface area contributed by atoms with Crippen LogP contribution in [0.5, 0.6) is 0 Å². The third-order valence-electron chi connectivity index (χ3n) is 6.62. The number of nitrogens with zero attached hydrogens (tertiary/aromatic N) is 4. The minimum atomic E-state index is -0.258. The van der Waals surface area contributed by atoms with Crippen LogP contribution < -0.4 is 5.69 Å². The molecule has 6 rings (SSSR count). The van der Waals surface area contributed by atoms with E-state index in [2.05, 4.69) is 32.5 Å². The van der Waals surface area contributed by atoms with Gasteiger partial charge in [0.05, 0.1) is 11.4 Å². The Morgan fingerprint density at radius 2 is 1.76 bits per heavy atom. The average molecular weight is 441 g/mol. The predicted molar refractivity (Wildman–Crippen MR) is 124 cm³/mol. The number of likely N-dealkylation sites (tertiary alicyclic amines) is 1. The topological polar surface area (TPSA) is 99.7 Å². The fourth-order valence-electron chi connectivity index (χ4n) is 4.68. The highest BCUT2D eigenvalue weighted by atomic mass is 16.2. The summed E-state index contributed by atoms with van der Waals surface area (Å²) in [5.41, 5.74) is 4.68. The lowest BCUT2D eigenvalue weighted by molar-refractivity contribution is -0.131. The van der Waals surface area contributed by atoms with Gasteiger partial charge in [0.1, 0.15) is 5.82 Å². The minimum absolute atomic E-state index is 0.0532. The smallest absolute Gasteiger partial charge is 0.342 e. The van der Waals surface area contributed by atoms with Crippen LogP contribution in [-0.4, -0.2) is 48.9 Å². The summed E-state index contributed by atoms with van der Waals surface area (Å²) in [6.07, 6.45) is 4.57. The number of carbonyl (C=O) groups excluding carboxylic acids is 1. The molecule has 1 saturated carbocycles. The number of aromatic nitrogens is 5. The van der Waals surface area contributed by atoms with E-state index in [-0.39, 0.29) is 23.4 Å². The molecular weight excluding hydrogens is 416 g/mol. The van der Waals surface area contributed by atoms with E-state index in [1.807, 2.05) is 47.4 Å². The van der Waals surface area contributed by atoms with Gasteiger partial charge in [-0.3, -0.25) is 9.89 Å². The van der Waals surface area contributed by atoms with Crippen LogP contribution >= 0.6 is 0 Å². The van der Waals surface area contributed by atoms with Gasteiger partial charge in [-0.1, -0.05) is 30.3 Å². The molecule has 1 amide bonds. The molecule has 0 radical (unpaired) electrons. The standard InChI is InChI=1S/C25H24N6O2/c32-24(17-4-5-17)30-13-11-20(15-30)23-28-29-25(33)31(23)21-8-6-16(7-9-21)18-2-1-3-19(14-18)22-10-12-26-27-22/h1-3,6-10,12,14,17,20H,4-5,11,13,15H2,(H,26,27)(H,29,33). The van der Waals surface area contributed by atoms with Gasteiger partial charge in [-0.2, -0.15) is 10.2 Å². The molecule has 0 bridgehead atoms. The Hall–Kier alpha value is -3.94. The van der Waals surface area contributed by atoms with Crippen molar-refractivity contribution in [2.24, 2.45) is 5.92 Å². The van der Waals surface area contributed by atoms with E-state index in [1.165, 1.54) is 0 Å². The fraction of sp³-hybridized carbons (Fsp3) is 0.280. The van der Waals surface area contributed by atoms with E-state index >= 15 is 0 Å². The Labute approximate surface area is 190 Å². The van der Waals surface area contributed by atoms with Crippen molar-refractivity contribution in [3.05, 3.63) is 77.1 Å². The van der Waals surface area contributed by atoms with E-state index in [9.17, 15) is 9.59 Å². The number of hydrogen-bond acceptors (Lipinski definition) is 4. The van der Waals surface area contributed by atoms with Crippen molar-refractivity contribution in [2.45, 2.75) is 25.2 Å². The zero-order chi connectivity index (χ0) is 22.4. The maximum absolute atomic E-state index is 12.6. The molecule has 33 heavy (non-hydrogen) atoms. The van der Waals surface area contributed by atoms with E-state index in [0.717, 1.165) is 53.9 Å². The quantitative estimate of drug-likeness (QED) is 0.497. The van der Waals surface area contributed by atoms with Gasteiger partial charge in [-0.25, -0.2) is 14.5 Å². The van der Waals surface area contributed by atoms with Crippen molar-refractivity contribution < 1.29 is 4.79 Å². The second-order valence-electron chi connectivity index (χ2n) is 8.86. The van der Waals surface area contributed by atoms with Gasteiger partial charge in [0, 0.05) is 36.7 Å². The lowest BCUT2D eigenvalue weighted by atomic mass is 10.0. The number of rotatable bonds is 5. The van der Waals surface area contributed by atoms with Crippen LogP contribution in [0.2, 0.25) is 0 Å². The summed E-state index contributed by atoms with van der Waals surface area (Å²) < 4.78 is 1.64. The summed E-state index contributed by atoms with van der Waals surface area (Å²) in [4.78, 5) is 27.0. The predicted octanol–water partition coefficient (Wildman–Crippen LogP) is 3.34. The van der Waals surface area contributed by atoms with Gasteiger partial charge in [-0.05, 0) is 54.7 Å². The van der Waals surface area contributed by atoms with Gasteiger partial charge in [0.25, 0.3) is 0 Å². The molecule has 8 heteroatoms. The summed E-state index contributed by atoms with van der Waals surface area (Å²) in [7, 11) is 0. The molecule has 166 valence electrons. The normalized spacial score (nSPS) is 18.1. The number of aromatic amines is 2. The monoisotopic (exact) mass is 440 g/mol. The molecule has 8 nitrogen and oxygen atoms in total. The number of benzene rings is 2. The molecule has 2 N–H and O–H groups in total. The highest BCUT2D eigenvalue weighted by molar-refractivity contribution is 5.81. The molecule has 2 aliphatic rings. The maximum Gasteiger partial charge on any atom is 0.347 e. The lowest BCUT2D eigenvalue weighted by Gasteiger charge is -2.16. The molecule has 1 saturated heterocycles. The van der Waals surface area contributed by atoms with E-state index in [4.69, 9.17) is 0 Å². The van der Waals surface area contributed by atoms with Gasteiger partial charge in [0.15, 0.2) is 0 Å². The third kappa shape index (κ3) is 3.67. The number of carbonyl (C=O) groups is 1. The Balaban J connectivity index is 1.26. The van der Waals surface area contributed by atoms with Crippen LogP contribution in [0.3, 0.4) is 0 Å². The van der Waals surface area contributed by atoms with Gasteiger partial charge < -0.3 is 4.90 Å². The molecule has 1 atom stereocenters. The Morgan fingerprint density at radius 3 is 2.52 bits per heavy atom. The number of nitrogens with one attached hydrogen (secondary N) is 2. The average Bonchev–Trinajstić information content (AvgIpc) is 3.22. The molecule has 3 heterocycles. The first-order valence-electron chi connectivity index (χ1n) is 11.3. The van der Waals surface area contributed by atoms with Crippen molar-refractivity contribution in [1.29, 1.82) is 0 Å². The Bertz CT molecular complexity index is 1350. The number of H-pyrrole nitrogens is 2. The molecule has 0 spiro atoms. The zero-order valence-corrected chi connectivity index (χ0v) is 18.1. The molecule has 2 aromatic carbocycles. The number of amides is 1. The first-order valence-corrected chi connectivity index (χ1v) is 11.3. The summed E-state index contributed by atoms with van der Waals surface area (Å²) in [6.45, 7) is 1.35. The molecule has 1 aliphatic carbocycles. The van der Waals surface area contributed by atoms with Crippen LogP contribution in [0.25, 0.3) is 28.1 Å². The highest BCUT2D eigenvalue weighted by Crippen LogP contribution is 2.35. The second kappa shape index (κ2) is 7.88. The summed E-state index contributed by atoms with van der Waals surface area (Å²) in [5, 5.41) is 14.0. The number of hydrogen-bond donors (Lipinski definition) is 2. The van der Waals surface area contributed by atoms with Crippen LogP contribution in [0.4, 0.5) is 0 Å². The van der Waals surface area contributed by atoms with Crippen molar-refractivity contribution in [2.75, 3.05) is 13.1 Å². The van der Waals surface area contributed by atoms with Crippen molar-refractivity contribution in [3.8, 4) is 28.1 Å². The lowest BCUT2D eigenvalue weighted by Crippen LogP contribution is -2.30. The molecule has 1 aliphatic heterocycles. The van der Waals surface area contributed by atoms with Crippen LogP contribution in [0.1, 0.15) is 31.0 Å².